The third-order valence-electron chi connectivity index (χ3n) is 2.85. The van der Waals surface area contributed by atoms with E-state index >= 15 is 0 Å². The van der Waals surface area contributed by atoms with Crippen molar-refractivity contribution in [3.8, 4) is 0 Å². The fourth-order valence-corrected chi connectivity index (χ4v) is 2.23. The van der Waals surface area contributed by atoms with E-state index in [1.165, 1.54) is 10.9 Å². The average Bonchev–Trinajstić information content (AvgIpc) is 2.66. The van der Waals surface area contributed by atoms with Gasteiger partial charge in [0.05, 0.1) is 29.3 Å². The van der Waals surface area contributed by atoms with E-state index in [2.05, 4.69) is 10.1 Å². The molecule has 2 heterocycles. The smallest absolute Gasteiger partial charge is 0.278 e. The molecule has 2 rings (SSSR count). The van der Waals surface area contributed by atoms with Gasteiger partial charge in [-0.3, -0.25) is 14.0 Å². The van der Waals surface area contributed by atoms with Crippen LogP contribution in [0.15, 0.2) is 11.1 Å². The summed E-state index contributed by atoms with van der Waals surface area (Å²) in [5, 5.41) is 4.85. The Hall–Kier alpha value is -1.53. The Morgan fingerprint density at radius 1 is 1.42 bits per heavy atom. The zero-order valence-corrected chi connectivity index (χ0v) is 12.0. The van der Waals surface area contributed by atoms with Crippen LogP contribution in [0, 0.1) is 0 Å². The summed E-state index contributed by atoms with van der Waals surface area (Å²) in [6, 6.07) is 0. The van der Waals surface area contributed by atoms with Gasteiger partial charge in [0.1, 0.15) is 5.69 Å². The largest absolute Gasteiger partial charge is 0.392 e. The molecule has 2 N–H and O–H groups in total. The maximum atomic E-state index is 11.9. The topological polar surface area (TPSA) is 78.7 Å². The molecule has 0 saturated carbocycles. The van der Waals surface area contributed by atoms with Gasteiger partial charge in [0, 0.05) is 7.05 Å². The number of aryl methyl sites for hydroxylation is 2. The second kappa shape index (κ2) is 5.22. The first-order valence-corrected chi connectivity index (χ1v) is 6.42. The predicted molar refractivity (Wildman–Crippen MR) is 74.6 cm³/mol. The van der Waals surface area contributed by atoms with E-state index in [1.807, 2.05) is 6.92 Å². The van der Waals surface area contributed by atoms with Crippen LogP contribution in [0.25, 0.3) is 0 Å². The second-order valence-electron chi connectivity index (χ2n) is 4.07. The number of nitrogens with zero attached hydrogens (tertiary/aromatic N) is 4. The highest BCUT2D eigenvalue weighted by molar-refractivity contribution is 6.32. The van der Waals surface area contributed by atoms with Gasteiger partial charge in [0.25, 0.3) is 5.56 Å². The van der Waals surface area contributed by atoms with Gasteiger partial charge in [-0.15, -0.1) is 0 Å². The van der Waals surface area contributed by atoms with Crippen LogP contribution in [-0.2, 0) is 20.0 Å². The Morgan fingerprint density at radius 3 is 2.68 bits per heavy atom. The lowest BCUT2D eigenvalue weighted by Gasteiger charge is -2.07. The van der Waals surface area contributed by atoms with E-state index in [4.69, 9.17) is 28.9 Å². The molecule has 0 unspecified atom stereocenters. The Kier molecular flexibility index (Phi) is 3.82. The molecular weight excluding hydrogens is 289 g/mol. The Balaban J connectivity index is 2.45. The molecule has 0 amide bonds. The predicted octanol–water partition coefficient (Wildman–Crippen LogP) is 1.48. The molecular formula is C11H13Cl2N5O. The molecule has 0 fully saturated rings. The minimum Gasteiger partial charge on any atom is -0.392 e. The standard InChI is InChI=1S/C11H13Cl2N5O/c1-3-6-8(12)7(17(2)16-6)4-18-5-15-10(13)9(14)11(18)19/h5H,3-4,14H2,1-2H3. The Morgan fingerprint density at radius 2 is 2.11 bits per heavy atom. The number of anilines is 1. The number of nitrogen functional groups attached to an aromatic ring is 1. The second-order valence-corrected chi connectivity index (χ2v) is 4.80. The van der Waals surface area contributed by atoms with Crippen LogP contribution < -0.4 is 11.3 Å². The number of hydrogen-bond acceptors (Lipinski definition) is 4. The van der Waals surface area contributed by atoms with Crippen LogP contribution in [0.4, 0.5) is 5.69 Å². The van der Waals surface area contributed by atoms with Gasteiger partial charge in [0.15, 0.2) is 5.15 Å². The van der Waals surface area contributed by atoms with Crippen molar-refractivity contribution in [3.05, 3.63) is 38.2 Å². The molecule has 6 nitrogen and oxygen atoms in total. The summed E-state index contributed by atoms with van der Waals surface area (Å²) in [6.07, 6.45) is 2.07. The molecule has 0 aromatic carbocycles. The molecule has 0 atom stereocenters. The molecule has 2 aromatic heterocycles. The van der Waals surface area contributed by atoms with Crippen molar-refractivity contribution in [2.24, 2.45) is 7.05 Å². The van der Waals surface area contributed by atoms with Crippen molar-refractivity contribution < 1.29 is 0 Å². The van der Waals surface area contributed by atoms with Crippen LogP contribution in [0.5, 0.6) is 0 Å². The minimum atomic E-state index is -0.393. The van der Waals surface area contributed by atoms with Crippen molar-refractivity contribution in [1.82, 2.24) is 19.3 Å². The lowest BCUT2D eigenvalue weighted by molar-refractivity contribution is 0.643. The summed E-state index contributed by atoms with van der Waals surface area (Å²) >= 11 is 11.9. The molecule has 102 valence electrons. The average molecular weight is 302 g/mol. The van der Waals surface area contributed by atoms with Crippen LogP contribution in [-0.4, -0.2) is 19.3 Å². The highest BCUT2D eigenvalue weighted by atomic mass is 35.5. The highest BCUT2D eigenvalue weighted by Crippen LogP contribution is 2.21. The van der Waals surface area contributed by atoms with Gasteiger partial charge in [0.2, 0.25) is 0 Å². The van der Waals surface area contributed by atoms with E-state index < -0.39 is 5.56 Å². The van der Waals surface area contributed by atoms with Gasteiger partial charge in [-0.1, -0.05) is 30.1 Å². The molecule has 0 radical (unpaired) electrons. The SMILES string of the molecule is CCc1nn(C)c(Cn2cnc(Cl)c(N)c2=O)c1Cl. The van der Waals surface area contributed by atoms with Crippen molar-refractivity contribution in [3.63, 3.8) is 0 Å². The van der Waals surface area contributed by atoms with Gasteiger partial charge in [-0.25, -0.2) is 4.98 Å². The fourth-order valence-electron chi connectivity index (χ4n) is 1.75. The summed E-state index contributed by atoms with van der Waals surface area (Å²) < 4.78 is 3.00. The van der Waals surface area contributed by atoms with Crippen molar-refractivity contribution in [1.29, 1.82) is 0 Å². The van der Waals surface area contributed by atoms with Gasteiger partial charge >= 0.3 is 0 Å². The number of hydrogen-bond donors (Lipinski definition) is 1. The first-order valence-electron chi connectivity index (χ1n) is 5.66. The van der Waals surface area contributed by atoms with Gasteiger partial charge < -0.3 is 5.73 Å². The molecule has 8 heteroatoms. The van der Waals surface area contributed by atoms with E-state index in [-0.39, 0.29) is 17.4 Å². The summed E-state index contributed by atoms with van der Waals surface area (Å²) in [5.41, 5.74) is 6.62. The molecule has 0 saturated heterocycles. The molecule has 0 aliphatic rings. The third-order valence-corrected chi connectivity index (χ3v) is 3.58. The first-order chi connectivity index (χ1) is 8.95. The summed E-state index contributed by atoms with van der Waals surface area (Å²) in [5.74, 6) is 0. The fraction of sp³-hybridized carbons (Fsp3) is 0.364. The van der Waals surface area contributed by atoms with Crippen LogP contribution in [0.1, 0.15) is 18.3 Å². The summed E-state index contributed by atoms with van der Waals surface area (Å²) in [7, 11) is 1.78. The van der Waals surface area contributed by atoms with Crippen molar-refractivity contribution in [2.45, 2.75) is 19.9 Å². The zero-order chi connectivity index (χ0) is 14.2. The van der Waals surface area contributed by atoms with Crippen molar-refractivity contribution in [2.75, 3.05) is 5.73 Å². The molecule has 0 aliphatic carbocycles. The molecule has 2 aromatic rings. The Labute approximate surface area is 119 Å². The minimum absolute atomic E-state index is 0.00611. The van der Waals surface area contributed by atoms with Crippen LogP contribution in [0.3, 0.4) is 0 Å². The van der Waals surface area contributed by atoms with Crippen molar-refractivity contribution >= 4 is 28.9 Å². The number of nitrogens with two attached hydrogens (primary N) is 1. The molecule has 0 spiro atoms. The lowest BCUT2D eigenvalue weighted by Crippen LogP contribution is -2.25. The quantitative estimate of drug-likeness (QED) is 0.871. The maximum Gasteiger partial charge on any atom is 0.278 e. The number of halogens is 2. The van der Waals surface area contributed by atoms with E-state index in [0.29, 0.717) is 5.02 Å². The molecule has 0 bridgehead atoms. The number of aromatic nitrogens is 4. The van der Waals surface area contributed by atoms with Gasteiger partial charge in [-0.2, -0.15) is 5.10 Å². The monoisotopic (exact) mass is 301 g/mol. The summed E-state index contributed by atoms with van der Waals surface area (Å²) in [4.78, 5) is 15.8. The van der Waals surface area contributed by atoms with E-state index in [9.17, 15) is 4.79 Å². The first kappa shape index (κ1) is 13.9. The normalized spacial score (nSPS) is 10.9. The van der Waals surface area contributed by atoms with Crippen LogP contribution >= 0.6 is 23.2 Å². The van der Waals surface area contributed by atoms with Gasteiger partial charge in [-0.05, 0) is 6.42 Å². The Bertz CT molecular complexity index is 676. The zero-order valence-electron chi connectivity index (χ0n) is 10.5. The lowest BCUT2D eigenvalue weighted by atomic mass is 10.3. The third kappa shape index (κ3) is 2.46. The van der Waals surface area contributed by atoms with E-state index in [1.54, 1.807) is 11.7 Å². The molecule has 0 aliphatic heterocycles. The van der Waals surface area contributed by atoms with Crippen LogP contribution in [0.2, 0.25) is 10.2 Å². The molecule has 19 heavy (non-hydrogen) atoms. The highest BCUT2D eigenvalue weighted by Gasteiger charge is 2.15. The number of rotatable bonds is 3. The summed E-state index contributed by atoms with van der Waals surface area (Å²) in [6.45, 7) is 2.21. The maximum absolute atomic E-state index is 11.9. The van der Waals surface area contributed by atoms with E-state index in [0.717, 1.165) is 17.8 Å².